The van der Waals surface area contributed by atoms with Crippen molar-refractivity contribution in [3.05, 3.63) is 0 Å². The van der Waals surface area contributed by atoms with Gasteiger partial charge in [-0.1, -0.05) is 19.3 Å². The molecule has 2 aliphatic heterocycles. The average Bonchev–Trinajstić information content (AvgIpc) is 2.68. The molecule has 3 nitrogen and oxygen atoms in total. The van der Waals surface area contributed by atoms with E-state index in [2.05, 4.69) is 10.2 Å². The molecule has 86 valence electrons. The predicted octanol–water partition coefficient (Wildman–Crippen LogP) is 1.39. The van der Waals surface area contributed by atoms with E-state index in [9.17, 15) is 4.79 Å². The van der Waals surface area contributed by atoms with E-state index in [1.807, 2.05) is 0 Å². The van der Waals surface area contributed by atoms with Crippen LogP contribution in [0.3, 0.4) is 0 Å². The van der Waals surface area contributed by atoms with E-state index in [0.717, 1.165) is 32.6 Å². The standard InChI is InChI=1S/C12H22N2O/c15-12(11-6-7-13-10-11)14-8-4-2-1-3-5-9-14/h11,13H,1-10H2/t11-/m0/s1. The predicted molar refractivity (Wildman–Crippen MR) is 60.6 cm³/mol. The first-order chi connectivity index (χ1) is 7.38. The number of likely N-dealkylation sites (tertiary alicyclic amines) is 1. The third-order valence-corrected chi connectivity index (χ3v) is 3.58. The zero-order chi connectivity index (χ0) is 10.5. The van der Waals surface area contributed by atoms with Gasteiger partial charge < -0.3 is 10.2 Å². The molecule has 0 aliphatic carbocycles. The molecule has 0 unspecified atom stereocenters. The Bertz CT molecular complexity index is 204. The number of carbonyl (C=O) groups excluding carboxylic acids is 1. The summed E-state index contributed by atoms with van der Waals surface area (Å²) in [5.74, 6) is 0.673. The maximum absolute atomic E-state index is 12.2. The van der Waals surface area contributed by atoms with Gasteiger partial charge in [-0.05, 0) is 25.8 Å². The van der Waals surface area contributed by atoms with Crippen LogP contribution >= 0.6 is 0 Å². The van der Waals surface area contributed by atoms with Gasteiger partial charge in [-0.15, -0.1) is 0 Å². The second-order valence-electron chi connectivity index (χ2n) is 4.78. The summed E-state index contributed by atoms with van der Waals surface area (Å²) < 4.78 is 0. The van der Waals surface area contributed by atoms with Crippen molar-refractivity contribution >= 4 is 5.91 Å². The summed E-state index contributed by atoms with van der Waals surface area (Å²) in [6.07, 6.45) is 7.39. The van der Waals surface area contributed by atoms with E-state index >= 15 is 0 Å². The summed E-state index contributed by atoms with van der Waals surface area (Å²) in [5, 5.41) is 3.27. The van der Waals surface area contributed by atoms with Crippen molar-refractivity contribution in [2.24, 2.45) is 5.92 Å². The Labute approximate surface area is 92.2 Å². The summed E-state index contributed by atoms with van der Waals surface area (Å²) in [6.45, 7) is 3.91. The van der Waals surface area contributed by atoms with Gasteiger partial charge in [0.15, 0.2) is 0 Å². The van der Waals surface area contributed by atoms with Gasteiger partial charge in [0.1, 0.15) is 0 Å². The number of amides is 1. The van der Waals surface area contributed by atoms with Crippen molar-refractivity contribution < 1.29 is 4.79 Å². The first-order valence-electron chi connectivity index (χ1n) is 6.37. The summed E-state index contributed by atoms with van der Waals surface area (Å²) in [6, 6.07) is 0. The Morgan fingerprint density at radius 3 is 2.33 bits per heavy atom. The Morgan fingerprint density at radius 1 is 1.07 bits per heavy atom. The Hall–Kier alpha value is -0.570. The van der Waals surface area contributed by atoms with Crippen LogP contribution in [0.4, 0.5) is 0 Å². The van der Waals surface area contributed by atoms with E-state index in [1.54, 1.807) is 0 Å². The fourth-order valence-electron chi connectivity index (χ4n) is 2.59. The molecule has 1 atom stereocenters. The van der Waals surface area contributed by atoms with Gasteiger partial charge >= 0.3 is 0 Å². The van der Waals surface area contributed by atoms with Crippen molar-refractivity contribution in [1.82, 2.24) is 10.2 Å². The number of hydrogen-bond donors (Lipinski definition) is 1. The topological polar surface area (TPSA) is 32.3 Å². The minimum atomic E-state index is 0.268. The molecule has 0 saturated carbocycles. The van der Waals surface area contributed by atoms with Crippen molar-refractivity contribution in [1.29, 1.82) is 0 Å². The van der Waals surface area contributed by atoms with Crippen LogP contribution in [0.2, 0.25) is 0 Å². The molecular formula is C12H22N2O. The molecule has 2 aliphatic rings. The molecular weight excluding hydrogens is 188 g/mol. The lowest BCUT2D eigenvalue weighted by Crippen LogP contribution is -2.38. The molecule has 2 rings (SSSR count). The number of carbonyl (C=O) groups is 1. The fraction of sp³-hybridized carbons (Fsp3) is 0.917. The van der Waals surface area contributed by atoms with E-state index in [1.165, 1.54) is 32.1 Å². The van der Waals surface area contributed by atoms with Gasteiger partial charge in [0.25, 0.3) is 0 Å². The fourth-order valence-corrected chi connectivity index (χ4v) is 2.59. The summed E-state index contributed by atoms with van der Waals surface area (Å²) in [5.41, 5.74) is 0. The second-order valence-corrected chi connectivity index (χ2v) is 4.78. The first kappa shape index (κ1) is 10.9. The molecule has 0 spiro atoms. The minimum Gasteiger partial charge on any atom is -0.342 e. The number of rotatable bonds is 1. The van der Waals surface area contributed by atoms with Gasteiger partial charge in [0.05, 0.1) is 5.92 Å². The third-order valence-electron chi connectivity index (χ3n) is 3.58. The van der Waals surface area contributed by atoms with E-state index < -0.39 is 0 Å². The van der Waals surface area contributed by atoms with Crippen LogP contribution in [-0.2, 0) is 4.79 Å². The minimum absolute atomic E-state index is 0.268. The second kappa shape index (κ2) is 5.50. The maximum Gasteiger partial charge on any atom is 0.227 e. The molecule has 1 amide bonds. The van der Waals surface area contributed by atoms with Crippen LogP contribution in [0, 0.1) is 5.92 Å². The van der Waals surface area contributed by atoms with Gasteiger partial charge in [-0.25, -0.2) is 0 Å². The highest BCUT2D eigenvalue weighted by atomic mass is 16.2. The van der Waals surface area contributed by atoms with Gasteiger partial charge in [0.2, 0.25) is 5.91 Å². The highest BCUT2D eigenvalue weighted by Gasteiger charge is 2.26. The Morgan fingerprint density at radius 2 is 1.73 bits per heavy atom. The number of hydrogen-bond acceptors (Lipinski definition) is 2. The lowest BCUT2D eigenvalue weighted by atomic mass is 10.0. The van der Waals surface area contributed by atoms with Crippen molar-refractivity contribution in [3.8, 4) is 0 Å². The Balaban J connectivity index is 1.85. The van der Waals surface area contributed by atoms with Crippen LogP contribution in [0.1, 0.15) is 38.5 Å². The largest absolute Gasteiger partial charge is 0.342 e. The summed E-state index contributed by atoms with van der Waals surface area (Å²) >= 11 is 0. The van der Waals surface area contributed by atoms with Crippen LogP contribution in [0.5, 0.6) is 0 Å². The zero-order valence-corrected chi connectivity index (χ0v) is 9.50. The molecule has 2 saturated heterocycles. The molecule has 0 bridgehead atoms. The molecule has 3 heteroatoms. The van der Waals surface area contributed by atoms with Crippen LogP contribution in [0.25, 0.3) is 0 Å². The van der Waals surface area contributed by atoms with Crippen molar-refractivity contribution in [2.45, 2.75) is 38.5 Å². The van der Waals surface area contributed by atoms with Crippen LogP contribution in [-0.4, -0.2) is 37.0 Å². The monoisotopic (exact) mass is 210 g/mol. The lowest BCUT2D eigenvalue weighted by Gasteiger charge is -2.27. The highest BCUT2D eigenvalue weighted by Crippen LogP contribution is 2.16. The first-order valence-corrected chi connectivity index (χ1v) is 6.37. The van der Waals surface area contributed by atoms with Crippen LogP contribution in [0.15, 0.2) is 0 Å². The van der Waals surface area contributed by atoms with Crippen LogP contribution < -0.4 is 5.32 Å². The zero-order valence-electron chi connectivity index (χ0n) is 9.50. The van der Waals surface area contributed by atoms with E-state index in [4.69, 9.17) is 0 Å². The quantitative estimate of drug-likeness (QED) is 0.709. The normalized spacial score (nSPS) is 28.5. The number of nitrogens with zero attached hydrogens (tertiary/aromatic N) is 1. The van der Waals surface area contributed by atoms with E-state index in [-0.39, 0.29) is 5.92 Å². The molecule has 0 radical (unpaired) electrons. The molecule has 0 aromatic rings. The molecule has 1 N–H and O–H groups in total. The number of nitrogens with one attached hydrogen (secondary N) is 1. The van der Waals surface area contributed by atoms with Crippen molar-refractivity contribution in [2.75, 3.05) is 26.2 Å². The van der Waals surface area contributed by atoms with E-state index in [0.29, 0.717) is 5.91 Å². The van der Waals surface area contributed by atoms with Gasteiger partial charge in [-0.3, -0.25) is 4.79 Å². The SMILES string of the molecule is O=C([C@H]1CCNC1)N1CCCCCCC1. The third kappa shape index (κ3) is 2.94. The van der Waals surface area contributed by atoms with Gasteiger partial charge in [0, 0.05) is 19.6 Å². The molecule has 0 aromatic carbocycles. The molecule has 2 heterocycles. The molecule has 0 aromatic heterocycles. The summed E-state index contributed by atoms with van der Waals surface area (Å²) in [7, 11) is 0. The Kier molecular flexibility index (Phi) is 4.01. The molecule has 15 heavy (non-hydrogen) atoms. The van der Waals surface area contributed by atoms with Crippen molar-refractivity contribution in [3.63, 3.8) is 0 Å². The average molecular weight is 210 g/mol. The molecule has 2 fully saturated rings. The maximum atomic E-state index is 12.2. The highest BCUT2D eigenvalue weighted by molar-refractivity contribution is 5.79. The summed E-state index contributed by atoms with van der Waals surface area (Å²) in [4.78, 5) is 14.3. The smallest absolute Gasteiger partial charge is 0.227 e. The van der Waals surface area contributed by atoms with Gasteiger partial charge in [-0.2, -0.15) is 0 Å². The lowest BCUT2D eigenvalue weighted by molar-refractivity contribution is -0.135.